The van der Waals surface area contributed by atoms with Crippen molar-refractivity contribution in [1.29, 1.82) is 0 Å². The van der Waals surface area contributed by atoms with Gasteiger partial charge >= 0.3 is 0 Å². The molecular weight excluding hydrogens is 200 g/mol. The number of phenolic OH excluding ortho intramolecular Hbond substituents is 1. The Bertz CT molecular complexity index is 514. The zero-order valence-electron chi connectivity index (χ0n) is 10.0. The van der Waals surface area contributed by atoms with E-state index in [9.17, 15) is 5.11 Å². The Morgan fingerprint density at radius 1 is 1.38 bits per heavy atom. The van der Waals surface area contributed by atoms with Crippen LogP contribution in [0.25, 0.3) is 10.9 Å². The SMILES string of the molecule is CCNCc1c(C)n(C)c2ccc(O)cc12. The molecule has 0 radical (unpaired) electrons. The molecule has 2 rings (SSSR count). The van der Waals surface area contributed by atoms with Crippen molar-refractivity contribution in [2.24, 2.45) is 7.05 Å². The van der Waals surface area contributed by atoms with Crippen LogP contribution in [0.15, 0.2) is 18.2 Å². The number of rotatable bonds is 3. The van der Waals surface area contributed by atoms with Gasteiger partial charge in [-0.15, -0.1) is 0 Å². The van der Waals surface area contributed by atoms with Gasteiger partial charge in [-0.1, -0.05) is 6.92 Å². The van der Waals surface area contributed by atoms with Crippen LogP contribution in [-0.4, -0.2) is 16.2 Å². The van der Waals surface area contributed by atoms with Crippen molar-refractivity contribution < 1.29 is 5.11 Å². The molecule has 1 aromatic carbocycles. The summed E-state index contributed by atoms with van der Waals surface area (Å²) in [6, 6.07) is 5.54. The van der Waals surface area contributed by atoms with E-state index in [1.165, 1.54) is 16.8 Å². The largest absolute Gasteiger partial charge is 0.508 e. The maximum atomic E-state index is 9.55. The second-order valence-electron chi connectivity index (χ2n) is 4.10. The highest BCUT2D eigenvalue weighted by Crippen LogP contribution is 2.27. The lowest BCUT2D eigenvalue weighted by molar-refractivity contribution is 0.476. The third-order valence-electron chi connectivity index (χ3n) is 3.16. The number of aromatic nitrogens is 1. The number of aryl methyl sites for hydroxylation is 1. The average Bonchev–Trinajstić information content (AvgIpc) is 2.50. The van der Waals surface area contributed by atoms with Gasteiger partial charge < -0.3 is 15.0 Å². The van der Waals surface area contributed by atoms with Gasteiger partial charge in [0, 0.05) is 30.2 Å². The maximum absolute atomic E-state index is 9.55. The number of benzene rings is 1. The Morgan fingerprint density at radius 2 is 2.12 bits per heavy atom. The van der Waals surface area contributed by atoms with Crippen molar-refractivity contribution in [3.8, 4) is 5.75 Å². The summed E-state index contributed by atoms with van der Waals surface area (Å²) < 4.78 is 2.17. The van der Waals surface area contributed by atoms with Crippen LogP contribution in [-0.2, 0) is 13.6 Å². The van der Waals surface area contributed by atoms with Gasteiger partial charge in [0.15, 0.2) is 0 Å². The Hall–Kier alpha value is -1.48. The Morgan fingerprint density at radius 3 is 2.81 bits per heavy atom. The first-order valence-corrected chi connectivity index (χ1v) is 5.62. The average molecular weight is 218 g/mol. The normalized spacial score (nSPS) is 11.2. The number of hydrogen-bond donors (Lipinski definition) is 2. The lowest BCUT2D eigenvalue weighted by Gasteiger charge is -2.02. The zero-order valence-corrected chi connectivity index (χ0v) is 10.0. The van der Waals surface area contributed by atoms with Crippen molar-refractivity contribution in [2.75, 3.05) is 6.54 Å². The van der Waals surface area contributed by atoms with E-state index in [1.807, 2.05) is 12.1 Å². The first kappa shape index (κ1) is 11.0. The molecule has 0 fully saturated rings. The number of fused-ring (bicyclic) bond motifs is 1. The van der Waals surface area contributed by atoms with Crippen molar-refractivity contribution in [3.63, 3.8) is 0 Å². The van der Waals surface area contributed by atoms with Gasteiger partial charge in [0.25, 0.3) is 0 Å². The van der Waals surface area contributed by atoms with Crippen molar-refractivity contribution >= 4 is 10.9 Å². The minimum atomic E-state index is 0.329. The van der Waals surface area contributed by atoms with Crippen LogP contribution in [0.2, 0.25) is 0 Å². The summed E-state index contributed by atoms with van der Waals surface area (Å²) in [5, 5.41) is 14.0. The van der Waals surface area contributed by atoms with E-state index in [-0.39, 0.29) is 0 Å². The van der Waals surface area contributed by atoms with Crippen LogP contribution in [0.4, 0.5) is 0 Å². The molecule has 86 valence electrons. The molecule has 0 saturated heterocycles. The molecular formula is C13H18N2O. The molecule has 0 aliphatic heterocycles. The molecule has 0 spiro atoms. The van der Waals surface area contributed by atoms with Gasteiger partial charge in [0.1, 0.15) is 5.75 Å². The van der Waals surface area contributed by atoms with Gasteiger partial charge in [-0.2, -0.15) is 0 Å². The van der Waals surface area contributed by atoms with Gasteiger partial charge in [0.05, 0.1) is 0 Å². The number of nitrogens with one attached hydrogen (secondary N) is 1. The Labute approximate surface area is 95.7 Å². The zero-order chi connectivity index (χ0) is 11.7. The lowest BCUT2D eigenvalue weighted by Crippen LogP contribution is -2.12. The standard InChI is InChI=1S/C13H18N2O/c1-4-14-8-12-9(2)15(3)13-6-5-10(16)7-11(12)13/h5-7,14,16H,4,8H2,1-3H3. The predicted octanol–water partition coefficient (Wildman–Crippen LogP) is 2.30. The molecule has 1 aromatic heterocycles. The molecule has 2 N–H and O–H groups in total. The molecule has 3 heteroatoms. The summed E-state index contributed by atoms with van der Waals surface area (Å²) in [7, 11) is 2.06. The minimum absolute atomic E-state index is 0.329. The molecule has 3 nitrogen and oxygen atoms in total. The van der Waals surface area contributed by atoms with E-state index in [2.05, 4.69) is 30.8 Å². The van der Waals surface area contributed by atoms with E-state index in [0.29, 0.717) is 5.75 Å². The van der Waals surface area contributed by atoms with E-state index in [1.54, 1.807) is 6.07 Å². The maximum Gasteiger partial charge on any atom is 0.116 e. The van der Waals surface area contributed by atoms with E-state index < -0.39 is 0 Å². The molecule has 0 unspecified atom stereocenters. The molecule has 0 aliphatic carbocycles. The third kappa shape index (κ3) is 1.67. The summed E-state index contributed by atoms with van der Waals surface area (Å²) in [5.74, 6) is 0.329. The van der Waals surface area contributed by atoms with Gasteiger partial charge in [-0.05, 0) is 37.2 Å². The van der Waals surface area contributed by atoms with E-state index in [0.717, 1.165) is 18.5 Å². The monoisotopic (exact) mass is 218 g/mol. The van der Waals surface area contributed by atoms with Crippen LogP contribution < -0.4 is 5.32 Å². The summed E-state index contributed by atoms with van der Waals surface area (Å²) in [5.41, 5.74) is 3.69. The van der Waals surface area contributed by atoms with Crippen molar-refractivity contribution in [1.82, 2.24) is 9.88 Å². The van der Waals surface area contributed by atoms with Crippen LogP contribution >= 0.6 is 0 Å². The third-order valence-corrected chi connectivity index (χ3v) is 3.16. The molecule has 2 aromatic rings. The van der Waals surface area contributed by atoms with E-state index in [4.69, 9.17) is 0 Å². The first-order chi connectivity index (χ1) is 7.65. The van der Waals surface area contributed by atoms with Crippen LogP contribution in [0.3, 0.4) is 0 Å². The van der Waals surface area contributed by atoms with Crippen LogP contribution in [0, 0.1) is 6.92 Å². The smallest absolute Gasteiger partial charge is 0.116 e. The second kappa shape index (κ2) is 4.18. The molecule has 0 amide bonds. The number of aromatic hydroxyl groups is 1. The Balaban J connectivity index is 2.61. The summed E-state index contributed by atoms with van der Waals surface area (Å²) in [4.78, 5) is 0. The van der Waals surface area contributed by atoms with Gasteiger partial charge in [-0.3, -0.25) is 0 Å². The first-order valence-electron chi connectivity index (χ1n) is 5.62. The number of phenols is 1. The molecule has 16 heavy (non-hydrogen) atoms. The fraction of sp³-hybridized carbons (Fsp3) is 0.385. The number of hydrogen-bond acceptors (Lipinski definition) is 2. The molecule has 1 heterocycles. The quantitative estimate of drug-likeness (QED) is 0.829. The van der Waals surface area contributed by atoms with Crippen LogP contribution in [0.5, 0.6) is 5.75 Å². The molecule has 0 atom stereocenters. The fourth-order valence-electron chi connectivity index (χ4n) is 2.11. The summed E-state index contributed by atoms with van der Waals surface area (Å²) in [6.45, 7) is 6.01. The van der Waals surface area contributed by atoms with Crippen molar-refractivity contribution in [2.45, 2.75) is 20.4 Å². The van der Waals surface area contributed by atoms with E-state index >= 15 is 0 Å². The molecule has 0 aliphatic rings. The highest BCUT2D eigenvalue weighted by molar-refractivity contribution is 5.86. The van der Waals surface area contributed by atoms with Crippen molar-refractivity contribution in [3.05, 3.63) is 29.5 Å². The summed E-state index contributed by atoms with van der Waals surface area (Å²) >= 11 is 0. The lowest BCUT2D eigenvalue weighted by atomic mass is 10.1. The molecule has 0 bridgehead atoms. The highest BCUT2D eigenvalue weighted by atomic mass is 16.3. The van der Waals surface area contributed by atoms with Gasteiger partial charge in [0.2, 0.25) is 0 Å². The second-order valence-corrected chi connectivity index (χ2v) is 4.10. The summed E-state index contributed by atoms with van der Waals surface area (Å²) in [6.07, 6.45) is 0. The Kier molecular flexibility index (Phi) is 2.88. The topological polar surface area (TPSA) is 37.2 Å². The number of nitrogens with zero attached hydrogens (tertiary/aromatic N) is 1. The fourth-order valence-corrected chi connectivity index (χ4v) is 2.11. The highest BCUT2D eigenvalue weighted by Gasteiger charge is 2.11. The molecule has 0 saturated carbocycles. The van der Waals surface area contributed by atoms with Gasteiger partial charge in [-0.25, -0.2) is 0 Å². The minimum Gasteiger partial charge on any atom is -0.508 e. The van der Waals surface area contributed by atoms with Crippen LogP contribution in [0.1, 0.15) is 18.2 Å². The predicted molar refractivity (Wildman–Crippen MR) is 66.7 cm³/mol.